The zero-order chi connectivity index (χ0) is 70.7. The van der Waals surface area contributed by atoms with Crippen molar-refractivity contribution in [1.82, 2.24) is 5.32 Å². The summed E-state index contributed by atoms with van der Waals surface area (Å²) in [4.78, 5) is 40.6. The summed E-state index contributed by atoms with van der Waals surface area (Å²) in [6.45, 7) is 25.3. The van der Waals surface area contributed by atoms with Crippen LogP contribution in [0.2, 0.25) is 36.3 Å². The van der Waals surface area contributed by atoms with Crippen molar-refractivity contribution in [2.24, 2.45) is 0 Å². The Morgan fingerprint density at radius 1 is 0.495 bits per heavy atom. The van der Waals surface area contributed by atoms with E-state index in [4.69, 9.17) is 18.6 Å². The first-order chi connectivity index (χ1) is 45.1. The van der Waals surface area contributed by atoms with Crippen LogP contribution in [0.25, 0.3) is 0 Å². The summed E-state index contributed by atoms with van der Waals surface area (Å²) in [5.74, 6) is -9.15. The van der Waals surface area contributed by atoms with Gasteiger partial charge >= 0.3 is 17.9 Å². The molecule has 3 saturated heterocycles. The SMILES string of the molecule is C.CC(C)(C)[Si](C)(C)O[C@H](Cc1ccc(Br)cc1)C(=O)OCc1ccccc1.C[SiH](C)C(C)(C)C.FC1(F)CCNCC1.O=C(OCc1ccccc1)[C@H](O)Cc1ccc(N2CCC(F)(F)CC2)cc1.O=C(OCc1ccccc1)[C@H](O)Cc1ccc(N2CCC(F)(F)CC2)cc1. The summed E-state index contributed by atoms with van der Waals surface area (Å²) in [6.07, 6.45) is -2.83. The molecule has 0 aromatic heterocycles. The van der Waals surface area contributed by atoms with Crippen molar-refractivity contribution in [3.05, 3.63) is 202 Å². The largest absolute Gasteiger partial charge is 0.459 e. The first kappa shape index (κ1) is 83.1. The van der Waals surface area contributed by atoms with Crippen molar-refractivity contribution in [1.29, 1.82) is 0 Å². The zero-order valence-corrected chi connectivity index (χ0v) is 61.2. The molecule has 0 spiro atoms. The molecule has 0 bridgehead atoms. The van der Waals surface area contributed by atoms with E-state index >= 15 is 0 Å². The van der Waals surface area contributed by atoms with Crippen LogP contribution in [0.15, 0.2) is 168 Å². The maximum absolute atomic E-state index is 13.2. The number of nitrogens with one attached hydrogen (secondary N) is 1. The number of piperidine rings is 3. The molecule has 0 saturated carbocycles. The van der Waals surface area contributed by atoms with Crippen LogP contribution in [0.4, 0.5) is 37.7 Å². The van der Waals surface area contributed by atoms with Crippen molar-refractivity contribution in [3.63, 3.8) is 0 Å². The second-order valence-corrected chi connectivity index (χ2v) is 37.3. The predicted molar refractivity (Wildman–Crippen MR) is 386 cm³/mol. The summed E-state index contributed by atoms with van der Waals surface area (Å²) in [5.41, 5.74) is 7.05. The van der Waals surface area contributed by atoms with Gasteiger partial charge in [-0.05, 0) is 92.9 Å². The highest BCUT2D eigenvalue weighted by Crippen LogP contribution is 2.38. The monoisotopic (exact) mass is 1450 g/mol. The van der Waals surface area contributed by atoms with Gasteiger partial charge in [0, 0.05) is 122 Å². The molecule has 0 radical (unpaired) electrons. The Bertz CT molecular complexity index is 3080. The fourth-order valence-corrected chi connectivity index (χ4v) is 10.8. The molecule has 534 valence electrons. The smallest absolute Gasteiger partial charge is 0.335 e. The van der Waals surface area contributed by atoms with Crippen LogP contribution < -0.4 is 15.1 Å². The predicted octanol–water partition coefficient (Wildman–Crippen LogP) is 17.2. The number of aliphatic hydroxyl groups is 2. The number of nitrogens with zero attached hydrogens (tertiary/aromatic N) is 2. The van der Waals surface area contributed by atoms with Crippen LogP contribution in [0.5, 0.6) is 0 Å². The van der Waals surface area contributed by atoms with Crippen LogP contribution in [0.3, 0.4) is 0 Å². The summed E-state index contributed by atoms with van der Waals surface area (Å²) in [5, 5.41) is 23.6. The molecule has 9 rings (SSSR count). The Morgan fingerprint density at radius 3 is 1.09 bits per heavy atom. The van der Waals surface area contributed by atoms with Crippen molar-refractivity contribution in [3.8, 4) is 0 Å². The number of hydrogen-bond donors (Lipinski definition) is 3. The molecule has 3 atom stereocenters. The first-order valence-electron chi connectivity index (χ1n) is 33.0. The lowest BCUT2D eigenvalue weighted by Gasteiger charge is -2.38. The molecule has 3 aliphatic rings. The standard InChI is InChI=1S/C22H29BrO3Si.2C21H23F2NO3.C6H16Si.C5H9F2N.CH4/c1-22(2,3)27(4,5)26-20(15-17-11-13-19(23)14-12-17)21(24)25-16-18-9-7-6-8-10-18;2*22-21(23)10-12-24(13-11-21)18-8-6-16(7-9-18)14-19(25)20(26)27-15-17-4-2-1-3-5-17;1-6(2,3)7(4)5;6-5(7)1-3-8-4-2-5;/h6-14,20H,15-16H2,1-5H3;2*1-9,19,25H,10-15H2;7H,1-5H3;8H,1-4H2;1H4/t20-;2*19-;;;/m111.../s1. The molecule has 6 aromatic carbocycles. The Kier molecular flexibility index (Phi) is 33.8. The Morgan fingerprint density at radius 2 is 0.794 bits per heavy atom. The number of aliphatic hydroxyl groups excluding tert-OH is 2. The van der Waals surface area contributed by atoms with Crippen LogP contribution in [-0.2, 0) is 72.1 Å². The number of halogens is 7. The molecule has 6 aromatic rings. The van der Waals surface area contributed by atoms with Crippen LogP contribution in [0, 0.1) is 0 Å². The van der Waals surface area contributed by atoms with Crippen LogP contribution >= 0.6 is 15.9 Å². The third kappa shape index (κ3) is 31.2. The first-order valence-corrected chi connectivity index (χ1v) is 39.6. The fraction of sp³-hybridized carbons (Fsp3) is 0.487. The van der Waals surface area contributed by atoms with Gasteiger partial charge in [0.15, 0.2) is 20.5 Å². The Labute approximate surface area is 583 Å². The lowest BCUT2D eigenvalue weighted by Crippen LogP contribution is -2.47. The van der Waals surface area contributed by atoms with Gasteiger partial charge in [-0.25, -0.2) is 40.7 Å². The van der Waals surface area contributed by atoms with Crippen molar-refractivity contribution in [2.45, 2.75) is 199 Å². The molecular weight excluding hydrogens is 1350 g/mol. The van der Waals surface area contributed by atoms with Gasteiger partial charge in [-0.15, -0.1) is 0 Å². The minimum Gasteiger partial charge on any atom is -0.459 e. The van der Waals surface area contributed by atoms with Crippen molar-refractivity contribution >= 4 is 62.3 Å². The molecule has 3 fully saturated rings. The van der Waals surface area contributed by atoms with E-state index in [9.17, 15) is 50.9 Å². The number of ether oxygens (including phenoxy) is 3. The van der Waals surface area contributed by atoms with Gasteiger partial charge in [-0.3, -0.25) is 0 Å². The van der Waals surface area contributed by atoms with Crippen molar-refractivity contribution in [2.75, 3.05) is 49.1 Å². The van der Waals surface area contributed by atoms with Crippen LogP contribution in [0.1, 0.15) is 121 Å². The van der Waals surface area contributed by atoms with Crippen LogP contribution in [-0.4, -0.2) is 121 Å². The molecule has 97 heavy (non-hydrogen) atoms. The molecule has 0 unspecified atom stereocenters. The van der Waals surface area contributed by atoms with Gasteiger partial charge in [0.2, 0.25) is 0 Å². The quantitative estimate of drug-likeness (QED) is 0.0307. The third-order valence-electron chi connectivity index (χ3n) is 17.6. The average Bonchev–Trinajstić information content (AvgIpc) is 0.838. The normalized spacial score (nSPS) is 16.6. The fourth-order valence-electron chi connectivity index (χ4n) is 9.29. The minimum absolute atomic E-state index is 0. The molecule has 3 heterocycles. The second-order valence-electron chi connectivity index (χ2n) is 27.6. The Balaban J connectivity index is 0.000000277. The van der Waals surface area contributed by atoms with E-state index in [0.717, 1.165) is 49.2 Å². The van der Waals surface area contributed by atoms with E-state index in [1.54, 1.807) is 24.3 Å². The zero-order valence-electron chi connectivity index (χ0n) is 57.4. The molecule has 3 aliphatic heterocycles. The number of hydrogen-bond acceptors (Lipinski definition) is 12. The van der Waals surface area contributed by atoms with E-state index in [1.165, 1.54) is 0 Å². The number of esters is 3. The molecular formula is C76H104BrF6N3O9Si2. The third-order valence-corrected chi connectivity index (χ3v) is 26.1. The summed E-state index contributed by atoms with van der Waals surface area (Å²) in [7, 11) is -2.47. The maximum atomic E-state index is 13.2. The highest BCUT2D eigenvalue weighted by atomic mass is 79.9. The lowest BCUT2D eigenvalue weighted by atomic mass is 10.0. The van der Waals surface area contributed by atoms with E-state index in [1.807, 2.05) is 149 Å². The summed E-state index contributed by atoms with van der Waals surface area (Å²) in [6, 6.07) is 50.8. The van der Waals surface area contributed by atoms with Gasteiger partial charge in [-0.1, -0.05) is 205 Å². The van der Waals surface area contributed by atoms with Gasteiger partial charge < -0.3 is 44.0 Å². The number of carbonyl (C=O) groups is 3. The number of rotatable bonds is 19. The topological polar surface area (TPSA) is 147 Å². The second kappa shape index (κ2) is 39.5. The van der Waals surface area contributed by atoms with Crippen molar-refractivity contribution < 1.29 is 69.6 Å². The van der Waals surface area contributed by atoms with Gasteiger partial charge in [0.05, 0.1) is 0 Å². The van der Waals surface area contributed by atoms with E-state index in [2.05, 4.69) is 89.0 Å². The highest BCUT2D eigenvalue weighted by Gasteiger charge is 2.42. The number of anilines is 2. The van der Waals surface area contributed by atoms with Gasteiger partial charge in [0.25, 0.3) is 17.8 Å². The molecule has 0 amide bonds. The van der Waals surface area contributed by atoms with Gasteiger partial charge in [-0.2, -0.15) is 0 Å². The summed E-state index contributed by atoms with van der Waals surface area (Å²) >= 11 is 3.45. The minimum atomic E-state index is -2.57. The van der Waals surface area contributed by atoms with E-state index < -0.39 is 56.3 Å². The lowest BCUT2D eigenvalue weighted by molar-refractivity contribution is -0.155. The number of carbonyl (C=O) groups excluding carboxylic acids is 3. The maximum Gasteiger partial charge on any atom is 0.335 e. The number of benzene rings is 6. The molecule has 3 N–H and O–H groups in total. The molecule has 12 nitrogen and oxygen atoms in total. The summed E-state index contributed by atoms with van der Waals surface area (Å²) < 4.78 is 101. The van der Waals surface area contributed by atoms with Gasteiger partial charge in [0.1, 0.15) is 25.9 Å². The highest BCUT2D eigenvalue weighted by molar-refractivity contribution is 9.10. The Hall–Kier alpha value is -6.34. The number of alkyl halides is 6. The van der Waals surface area contributed by atoms with E-state index in [-0.39, 0.29) is 98.4 Å². The molecule has 21 heteroatoms. The van der Waals surface area contributed by atoms with E-state index in [0.29, 0.717) is 50.7 Å². The molecule has 0 aliphatic carbocycles. The average molecular weight is 1450 g/mol.